The van der Waals surface area contributed by atoms with Crippen molar-refractivity contribution >= 4 is 52.5 Å². The van der Waals surface area contributed by atoms with Crippen LogP contribution in [0, 0.1) is 20.8 Å². The van der Waals surface area contributed by atoms with E-state index in [-0.39, 0.29) is 17.6 Å². The first kappa shape index (κ1) is 25.1. The number of hydrogen-bond acceptors (Lipinski definition) is 5. The van der Waals surface area contributed by atoms with Gasteiger partial charge in [0.15, 0.2) is 11.0 Å². The van der Waals surface area contributed by atoms with Crippen molar-refractivity contribution in [2.45, 2.75) is 38.9 Å². The third-order valence-electron chi connectivity index (χ3n) is 5.06. The van der Waals surface area contributed by atoms with Crippen LogP contribution < -0.4 is 10.6 Å². The number of aryl methyl sites for hydroxylation is 3. The minimum atomic E-state index is -0.412. The molecule has 7 nitrogen and oxygen atoms in total. The van der Waals surface area contributed by atoms with Gasteiger partial charge < -0.3 is 15.2 Å². The highest BCUT2D eigenvalue weighted by Gasteiger charge is 2.20. The molecule has 0 saturated carbocycles. The molecule has 0 saturated heterocycles. The van der Waals surface area contributed by atoms with Crippen LogP contribution in [0.1, 0.15) is 45.8 Å². The van der Waals surface area contributed by atoms with Gasteiger partial charge in [-0.1, -0.05) is 52.7 Å². The Labute approximate surface area is 207 Å². The fourth-order valence-electron chi connectivity index (χ4n) is 3.49. The largest absolute Gasteiger partial charge is 0.342 e. The van der Waals surface area contributed by atoms with E-state index in [0.29, 0.717) is 26.6 Å². The summed E-state index contributed by atoms with van der Waals surface area (Å²) in [6.45, 7) is 7.79. The number of benzene rings is 2. The maximum absolute atomic E-state index is 12.5. The topological polar surface area (TPSA) is 88.9 Å². The number of amides is 2. The molecule has 0 spiro atoms. The summed E-state index contributed by atoms with van der Waals surface area (Å²) < 4.78 is 1.76. The van der Waals surface area contributed by atoms with E-state index in [9.17, 15) is 9.59 Å². The van der Waals surface area contributed by atoms with Crippen LogP contribution in [0.25, 0.3) is 0 Å². The van der Waals surface area contributed by atoms with Crippen molar-refractivity contribution in [2.75, 3.05) is 11.1 Å². The Hall–Kier alpha value is -2.55. The first-order valence-corrected chi connectivity index (χ1v) is 12.0. The number of carbonyl (C=O) groups is 2. The minimum absolute atomic E-state index is 0.124. The summed E-state index contributed by atoms with van der Waals surface area (Å²) in [5, 5.41) is 15.5. The monoisotopic (exact) mass is 505 g/mol. The maximum atomic E-state index is 12.5. The van der Waals surface area contributed by atoms with Gasteiger partial charge in [0.05, 0.1) is 21.8 Å². The van der Waals surface area contributed by atoms with Crippen LogP contribution in [-0.4, -0.2) is 32.3 Å². The van der Waals surface area contributed by atoms with Crippen molar-refractivity contribution in [3.8, 4) is 0 Å². The second-order valence-electron chi connectivity index (χ2n) is 7.83. The Morgan fingerprint density at radius 1 is 1.06 bits per heavy atom. The van der Waals surface area contributed by atoms with Crippen LogP contribution >= 0.6 is 35.0 Å². The Bertz CT molecular complexity index is 1190. The van der Waals surface area contributed by atoms with E-state index in [0.717, 1.165) is 22.4 Å². The zero-order valence-electron chi connectivity index (χ0n) is 19.0. The fourth-order valence-corrected chi connectivity index (χ4v) is 4.51. The molecule has 0 bridgehead atoms. The molecule has 2 N–H and O–H groups in total. The van der Waals surface area contributed by atoms with Gasteiger partial charge in [0.25, 0.3) is 5.91 Å². The molecule has 0 aliphatic rings. The van der Waals surface area contributed by atoms with E-state index in [1.54, 1.807) is 23.7 Å². The molecule has 2 amide bonds. The number of anilines is 1. The van der Waals surface area contributed by atoms with Crippen LogP contribution in [0.2, 0.25) is 10.0 Å². The molecule has 174 valence electrons. The highest BCUT2D eigenvalue weighted by molar-refractivity contribution is 7.99. The molecule has 10 heteroatoms. The van der Waals surface area contributed by atoms with Crippen LogP contribution in [-0.2, 0) is 11.8 Å². The van der Waals surface area contributed by atoms with Crippen LogP contribution in [0.15, 0.2) is 35.5 Å². The van der Waals surface area contributed by atoms with E-state index in [4.69, 9.17) is 23.2 Å². The predicted molar refractivity (Wildman–Crippen MR) is 133 cm³/mol. The highest BCUT2D eigenvalue weighted by Crippen LogP contribution is 2.25. The zero-order valence-corrected chi connectivity index (χ0v) is 21.3. The molecule has 0 aliphatic carbocycles. The number of nitrogens with zero attached hydrogens (tertiary/aromatic N) is 3. The third kappa shape index (κ3) is 6.07. The van der Waals surface area contributed by atoms with Crippen molar-refractivity contribution in [1.82, 2.24) is 20.1 Å². The molecule has 3 aromatic rings. The standard InChI is InChI=1S/C23H25Cl2N5O2S/c1-12-8-13(2)20(14(3)9-12)27-19(31)11-33-23-29-28-21(30(23)5)15(4)26-22(32)16-6-7-17(24)18(25)10-16/h6-10,15H,11H2,1-5H3,(H,26,32)(H,27,31)/t15-/m1/s1. The van der Waals surface area contributed by atoms with Crippen molar-refractivity contribution < 1.29 is 9.59 Å². The summed E-state index contributed by atoms with van der Waals surface area (Å²) in [5.41, 5.74) is 4.44. The molecule has 0 unspecified atom stereocenters. The molecule has 0 fully saturated rings. The number of halogens is 2. The zero-order chi connectivity index (χ0) is 24.3. The van der Waals surface area contributed by atoms with Crippen LogP contribution in [0.3, 0.4) is 0 Å². The van der Waals surface area contributed by atoms with Gasteiger partial charge in [0.1, 0.15) is 0 Å². The SMILES string of the molecule is Cc1cc(C)c(NC(=O)CSc2nnc([C@@H](C)NC(=O)c3ccc(Cl)c(Cl)c3)n2C)c(C)c1. The number of thioether (sulfide) groups is 1. The van der Waals surface area contributed by atoms with Gasteiger partial charge in [0, 0.05) is 18.3 Å². The van der Waals surface area contributed by atoms with Crippen LogP contribution in [0.4, 0.5) is 5.69 Å². The van der Waals surface area contributed by atoms with E-state index in [1.807, 2.05) is 39.8 Å². The summed E-state index contributed by atoms with van der Waals surface area (Å²) in [6.07, 6.45) is 0. The smallest absolute Gasteiger partial charge is 0.251 e. The Morgan fingerprint density at radius 3 is 2.36 bits per heavy atom. The average molecular weight is 506 g/mol. The van der Waals surface area contributed by atoms with Gasteiger partial charge in [-0.05, 0) is 57.0 Å². The van der Waals surface area contributed by atoms with Gasteiger partial charge in [-0.3, -0.25) is 9.59 Å². The summed E-state index contributed by atoms with van der Waals surface area (Å²) in [6, 6.07) is 8.36. The molecular weight excluding hydrogens is 481 g/mol. The second-order valence-corrected chi connectivity index (χ2v) is 9.59. The summed E-state index contributed by atoms with van der Waals surface area (Å²) >= 11 is 13.2. The van der Waals surface area contributed by atoms with Crippen molar-refractivity contribution in [3.05, 3.63) is 68.5 Å². The summed E-state index contributed by atoms with van der Waals surface area (Å²) in [7, 11) is 1.80. The first-order chi connectivity index (χ1) is 15.6. The third-order valence-corrected chi connectivity index (χ3v) is 6.82. The number of aromatic nitrogens is 3. The predicted octanol–water partition coefficient (Wildman–Crippen LogP) is 5.27. The number of rotatable bonds is 7. The molecule has 1 atom stereocenters. The lowest BCUT2D eigenvalue weighted by atomic mass is 10.1. The van der Waals surface area contributed by atoms with Gasteiger partial charge in [-0.25, -0.2) is 0 Å². The molecular formula is C23H25Cl2N5O2S. The Kier molecular flexibility index (Phi) is 8.05. The van der Waals surface area contributed by atoms with Crippen molar-refractivity contribution in [1.29, 1.82) is 0 Å². The lowest BCUT2D eigenvalue weighted by molar-refractivity contribution is -0.113. The van der Waals surface area contributed by atoms with Crippen molar-refractivity contribution in [3.63, 3.8) is 0 Å². The lowest BCUT2D eigenvalue weighted by Gasteiger charge is -2.14. The van der Waals surface area contributed by atoms with Gasteiger partial charge in [-0.2, -0.15) is 0 Å². The Morgan fingerprint density at radius 2 is 1.73 bits per heavy atom. The molecule has 0 aliphatic heterocycles. The minimum Gasteiger partial charge on any atom is -0.342 e. The van der Waals surface area contributed by atoms with Gasteiger partial charge in [-0.15, -0.1) is 10.2 Å². The van der Waals surface area contributed by atoms with E-state index in [2.05, 4.69) is 20.8 Å². The highest BCUT2D eigenvalue weighted by atomic mass is 35.5. The van der Waals surface area contributed by atoms with Crippen LogP contribution in [0.5, 0.6) is 0 Å². The molecule has 33 heavy (non-hydrogen) atoms. The Balaban J connectivity index is 1.61. The van der Waals surface area contributed by atoms with E-state index < -0.39 is 6.04 Å². The average Bonchev–Trinajstić information content (AvgIpc) is 3.11. The quantitative estimate of drug-likeness (QED) is 0.427. The maximum Gasteiger partial charge on any atom is 0.251 e. The summed E-state index contributed by atoms with van der Waals surface area (Å²) in [5.74, 6) is 0.321. The van der Waals surface area contributed by atoms with Gasteiger partial charge in [0.2, 0.25) is 5.91 Å². The van der Waals surface area contributed by atoms with E-state index >= 15 is 0 Å². The van der Waals surface area contributed by atoms with E-state index in [1.165, 1.54) is 17.8 Å². The lowest BCUT2D eigenvalue weighted by Crippen LogP contribution is -2.28. The van der Waals surface area contributed by atoms with Crippen molar-refractivity contribution in [2.24, 2.45) is 7.05 Å². The second kappa shape index (κ2) is 10.6. The molecule has 3 rings (SSSR count). The molecule has 0 radical (unpaired) electrons. The molecule has 1 heterocycles. The molecule has 1 aromatic heterocycles. The normalized spacial score (nSPS) is 11.8. The number of carbonyl (C=O) groups excluding carboxylic acids is 2. The van der Waals surface area contributed by atoms with Gasteiger partial charge >= 0.3 is 0 Å². The first-order valence-electron chi connectivity index (χ1n) is 10.2. The fraction of sp³-hybridized carbons (Fsp3) is 0.304. The number of hydrogen-bond donors (Lipinski definition) is 2. The summed E-state index contributed by atoms with van der Waals surface area (Å²) in [4.78, 5) is 25.1. The molecule has 2 aromatic carbocycles. The number of nitrogens with one attached hydrogen (secondary N) is 2.